The predicted molar refractivity (Wildman–Crippen MR) is 58.7 cm³/mol. The largest absolute Gasteiger partial charge is 0.214 e. The first kappa shape index (κ1) is 12.0. The number of hydrogen-bond acceptors (Lipinski definition) is 2. The van der Waals surface area contributed by atoms with Crippen LogP contribution >= 0.6 is 0 Å². The van der Waals surface area contributed by atoms with Gasteiger partial charge in [-0.15, -0.1) is 0 Å². The van der Waals surface area contributed by atoms with E-state index in [1.54, 1.807) is 4.31 Å². The van der Waals surface area contributed by atoms with E-state index in [2.05, 4.69) is 6.92 Å². The Morgan fingerprint density at radius 2 is 1.86 bits per heavy atom. The van der Waals surface area contributed by atoms with Gasteiger partial charge in [0.1, 0.15) is 0 Å². The molecular formula is C10H21NO2S. The summed E-state index contributed by atoms with van der Waals surface area (Å²) >= 11 is 0. The number of rotatable bonds is 7. The first-order valence-corrected chi connectivity index (χ1v) is 7.22. The quantitative estimate of drug-likeness (QED) is 0.614. The lowest BCUT2D eigenvalue weighted by Crippen LogP contribution is -2.34. The lowest BCUT2D eigenvalue weighted by Gasteiger charge is -2.19. The number of unbranched alkanes of at least 4 members (excludes halogenated alkanes) is 2. The maximum absolute atomic E-state index is 11.8. The second-order valence-electron chi connectivity index (χ2n) is 3.96. The molecule has 0 aliphatic heterocycles. The van der Waals surface area contributed by atoms with Crippen molar-refractivity contribution in [3.63, 3.8) is 0 Å². The molecule has 0 N–H and O–H groups in total. The van der Waals surface area contributed by atoms with Crippen LogP contribution in [0, 0.1) is 0 Å². The van der Waals surface area contributed by atoms with Crippen LogP contribution in [0.25, 0.3) is 0 Å². The van der Waals surface area contributed by atoms with E-state index in [0.29, 0.717) is 18.3 Å². The highest BCUT2D eigenvalue weighted by Crippen LogP contribution is 2.29. The molecule has 84 valence electrons. The summed E-state index contributed by atoms with van der Waals surface area (Å²) in [6.07, 6.45) is 5.01. The van der Waals surface area contributed by atoms with E-state index in [-0.39, 0.29) is 0 Å². The lowest BCUT2D eigenvalue weighted by atomic mass is 10.3. The number of nitrogens with zero attached hydrogens (tertiary/aromatic N) is 1. The maximum atomic E-state index is 11.8. The fourth-order valence-corrected chi connectivity index (χ4v) is 3.56. The molecule has 4 heteroatoms. The van der Waals surface area contributed by atoms with E-state index < -0.39 is 10.0 Å². The zero-order chi connectivity index (χ0) is 10.6. The second kappa shape index (κ2) is 5.12. The van der Waals surface area contributed by atoms with Crippen LogP contribution < -0.4 is 0 Å². The monoisotopic (exact) mass is 219 g/mol. The van der Waals surface area contributed by atoms with Gasteiger partial charge in [0.15, 0.2) is 0 Å². The summed E-state index contributed by atoms with van der Waals surface area (Å²) in [6, 6.07) is 0.326. The smallest absolute Gasteiger partial charge is 0.212 e. The van der Waals surface area contributed by atoms with Crippen LogP contribution in [-0.2, 0) is 10.0 Å². The first-order valence-electron chi connectivity index (χ1n) is 5.61. The van der Waals surface area contributed by atoms with Crippen LogP contribution in [0.15, 0.2) is 0 Å². The molecule has 3 nitrogen and oxygen atoms in total. The highest BCUT2D eigenvalue weighted by atomic mass is 32.2. The van der Waals surface area contributed by atoms with Gasteiger partial charge in [0.05, 0.1) is 5.75 Å². The van der Waals surface area contributed by atoms with E-state index in [9.17, 15) is 8.42 Å². The highest BCUT2D eigenvalue weighted by molar-refractivity contribution is 7.89. The third kappa shape index (κ3) is 3.24. The minimum atomic E-state index is -2.95. The topological polar surface area (TPSA) is 37.4 Å². The van der Waals surface area contributed by atoms with E-state index in [1.807, 2.05) is 6.92 Å². The molecule has 0 aromatic carbocycles. The highest BCUT2D eigenvalue weighted by Gasteiger charge is 2.35. The van der Waals surface area contributed by atoms with Crippen molar-refractivity contribution in [1.29, 1.82) is 0 Å². The zero-order valence-corrected chi connectivity index (χ0v) is 10.0. The van der Waals surface area contributed by atoms with Gasteiger partial charge < -0.3 is 0 Å². The predicted octanol–water partition coefficient (Wildman–Crippen LogP) is 1.99. The molecule has 0 amide bonds. The Morgan fingerprint density at radius 3 is 2.29 bits per heavy atom. The van der Waals surface area contributed by atoms with Gasteiger partial charge in [-0.25, -0.2) is 8.42 Å². The Labute approximate surface area is 87.5 Å². The fourth-order valence-electron chi connectivity index (χ4n) is 1.70. The molecule has 0 atom stereocenters. The van der Waals surface area contributed by atoms with Gasteiger partial charge in [-0.2, -0.15) is 4.31 Å². The van der Waals surface area contributed by atoms with Crippen LogP contribution in [0.5, 0.6) is 0 Å². The van der Waals surface area contributed by atoms with E-state index >= 15 is 0 Å². The molecular weight excluding hydrogens is 198 g/mol. The van der Waals surface area contributed by atoms with Crippen molar-refractivity contribution < 1.29 is 8.42 Å². The maximum Gasteiger partial charge on any atom is 0.214 e. The van der Waals surface area contributed by atoms with Gasteiger partial charge in [-0.05, 0) is 19.3 Å². The van der Waals surface area contributed by atoms with Gasteiger partial charge in [0.2, 0.25) is 10.0 Å². The molecule has 0 aromatic rings. The summed E-state index contributed by atoms with van der Waals surface area (Å²) in [4.78, 5) is 0. The molecule has 1 saturated carbocycles. The Balaban J connectivity index is 2.44. The van der Waals surface area contributed by atoms with Gasteiger partial charge in [-0.1, -0.05) is 26.7 Å². The molecule has 0 bridgehead atoms. The summed E-state index contributed by atoms with van der Waals surface area (Å²) < 4.78 is 25.4. The number of hydrogen-bond donors (Lipinski definition) is 0. The second-order valence-corrected chi connectivity index (χ2v) is 6.00. The molecule has 1 aliphatic carbocycles. The van der Waals surface area contributed by atoms with Crippen molar-refractivity contribution >= 4 is 10.0 Å². The van der Waals surface area contributed by atoms with Crippen LogP contribution in [-0.4, -0.2) is 31.1 Å². The van der Waals surface area contributed by atoms with Gasteiger partial charge >= 0.3 is 0 Å². The van der Waals surface area contributed by atoms with Crippen LogP contribution in [0.1, 0.15) is 46.0 Å². The van der Waals surface area contributed by atoms with Crippen LogP contribution in [0.4, 0.5) is 0 Å². The third-order valence-electron chi connectivity index (χ3n) is 2.63. The molecule has 1 rings (SSSR count). The van der Waals surface area contributed by atoms with E-state index in [1.165, 1.54) is 0 Å². The molecule has 0 aromatic heterocycles. The number of sulfonamides is 1. The zero-order valence-electron chi connectivity index (χ0n) is 9.20. The SMILES string of the molecule is CCCCCS(=O)(=O)N(CC)C1CC1. The fraction of sp³-hybridized carbons (Fsp3) is 1.00. The Kier molecular flexibility index (Phi) is 4.38. The Morgan fingerprint density at radius 1 is 1.21 bits per heavy atom. The lowest BCUT2D eigenvalue weighted by molar-refractivity contribution is 0.419. The minimum Gasteiger partial charge on any atom is -0.212 e. The molecule has 0 radical (unpaired) electrons. The summed E-state index contributed by atoms with van der Waals surface area (Å²) in [5, 5.41) is 0. The summed E-state index contributed by atoms with van der Waals surface area (Å²) in [5.74, 6) is 0.338. The molecule has 0 unspecified atom stereocenters. The van der Waals surface area contributed by atoms with Crippen molar-refractivity contribution in [2.45, 2.75) is 52.0 Å². The first-order chi connectivity index (χ1) is 6.61. The van der Waals surface area contributed by atoms with Crippen molar-refractivity contribution in [3.8, 4) is 0 Å². The van der Waals surface area contributed by atoms with Gasteiger partial charge in [0, 0.05) is 12.6 Å². The van der Waals surface area contributed by atoms with Crippen molar-refractivity contribution in [2.75, 3.05) is 12.3 Å². The van der Waals surface area contributed by atoms with Crippen molar-refractivity contribution in [3.05, 3.63) is 0 Å². The molecule has 0 saturated heterocycles. The molecule has 14 heavy (non-hydrogen) atoms. The van der Waals surface area contributed by atoms with Gasteiger partial charge in [-0.3, -0.25) is 0 Å². The standard InChI is InChI=1S/C10H21NO2S/c1-3-5-6-9-14(12,13)11(4-2)10-7-8-10/h10H,3-9H2,1-2H3. The molecule has 1 fully saturated rings. The Bertz CT molecular complexity index is 257. The summed E-state index contributed by atoms with van der Waals surface area (Å²) in [7, 11) is -2.95. The Hall–Kier alpha value is -0.0900. The van der Waals surface area contributed by atoms with Crippen molar-refractivity contribution in [2.24, 2.45) is 0 Å². The van der Waals surface area contributed by atoms with E-state index in [4.69, 9.17) is 0 Å². The minimum absolute atomic E-state index is 0.326. The van der Waals surface area contributed by atoms with E-state index in [0.717, 1.165) is 32.1 Å². The average molecular weight is 219 g/mol. The third-order valence-corrected chi connectivity index (χ3v) is 4.70. The summed E-state index contributed by atoms with van der Waals surface area (Å²) in [5.41, 5.74) is 0. The molecule has 0 spiro atoms. The normalized spacial score (nSPS) is 17.6. The van der Waals surface area contributed by atoms with Crippen molar-refractivity contribution in [1.82, 2.24) is 4.31 Å². The van der Waals surface area contributed by atoms with Crippen LogP contribution in [0.2, 0.25) is 0 Å². The van der Waals surface area contributed by atoms with Crippen LogP contribution in [0.3, 0.4) is 0 Å². The average Bonchev–Trinajstić information content (AvgIpc) is 2.89. The summed E-state index contributed by atoms with van der Waals surface area (Å²) in [6.45, 7) is 4.65. The molecule has 1 aliphatic rings. The molecule has 0 heterocycles. The van der Waals surface area contributed by atoms with Gasteiger partial charge in [0.25, 0.3) is 0 Å².